The van der Waals surface area contributed by atoms with Crippen molar-refractivity contribution in [2.45, 2.75) is 46.1 Å². The molecule has 0 amide bonds. The van der Waals surface area contributed by atoms with Gasteiger partial charge >= 0.3 is 0 Å². The van der Waals surface area contributed by atoms with E-state index in [0.29, 0.717) is 12.0 Å². The summed E-state index contributed by atoms with van der Waals surface area (Å²) in [5.41, 5.74) is 3.02. The lowest BCUT2D eigenvalue weighted by Gasteiger charge is -2.41. The third kappa shape index (κ3) is 6.24. The van der Waals surface area contributed by atoms with Crippen molar-refractivity contribution in [3.8, 4) is 0 Å². The molecule has 1 aliphatic heterocycles. The number of nitrogens with one attached hydrogen (secondary N) is 2. The van der Waals surface area contributed by atoms with Crippen molar-refractivity contribution in [1.82, 2.24) is 10.6 Å². The molecule has 5 nitrogen and oxygen atoms in total. The van der Waals surface area contributed by atoms with Gasteiger partial charge in [0, 0.05) is 31.9 Å². The number of hydrogen-bond acceptors (Lipinski definition) is 3. The van der Waals surface area contributed by atoms with E-state index in [-0.39, 0.29) is 24.0 Å². The van der Waals surface area contributed by atoms with Crippen LogP contribution < -0.4 is 15.5 Å². The molecule has 3 rings (SSSR count). The first kappa shape index (κ1) is 22.3. The molecule has 0 aromatic heterocycles. The van der Waals surface area contributed by atoms with Crippen LogP contribution in [0.2, 0.25) is 0 Å². The van der Waals surface area contributed by atoms with E-state index >= 15 is 0 Å². The van der Waals surface area contributed by atoms with Crippen LogP contribution in [-0.4, -0.2) is 45.4 Å². The van der Waals surface area contributed by atoms with Gasteiger partial charge < -0.3 is 20.3 Å². The predicted octanol–water partition coefficient (Wildman–Crippen LogP) is 3.78. The Kier molecular flexibility index (Phi) is 9.15. The van der Waals surface area contributed by atoms with E-state index in [9.17, 15) is 0 Å². The SMILES string of the molecule is CCNC(=NCc1ccc(N2CCOCC2)cc1)NCC1(CC)CCC1.I. The molecule has 0 bridgehead atoms. The monoisotopic (exact) mass is 486 g/mol. The van der Waals surface area contributed by atoms with Gasteiger partial charge in [0.15, 0.2) is 5.96 Å². The van der Waals surface area contributed by atoms with Crippen LogP contribution in [0.4, 0.5) is 5.69 Å². The van der Waals surface area contributed by atoms with Crippen LogP contribution in [0.15, 0.2) is 29.3 Å². The minimum atomic E-state index is 0. The lowest BCUT2D eigenvalue weighted by atomic mass is 9.67. The molecule has 2 aliphatic rings. The fourth-order valence-electron chi connectivity index (χ4n) is 3.75. The molecule has 6 heteroatoms. The van der Waals surface area contributed by atoms with E-state index < -0.39 is 0 Å². The predicted molar refractivity (Wildman–Crippen MR) is 124 cm³/mol. The first-order valence-corrected chi connectivity index (χ1v) is 10.2. The van der Waals surface area contributed by atoms with Crippen molar-refractivity contribution in [3.05, 3.63) is 29.8 Å². The molecule has 1 heterocycles. The topological polar surface area (TPSA) is 48.9 Å². The highest BCUT2D eigenvalue weighted by atomic mass is 127. The zero-order valence-electron chi connectivity index (χ0n) is 16.8. The smallest absolute Gasteiger partial charge is 0.191 e. The molecule has 152 valence electrons. The highest BCUT2D eigenvalue weighted by Crippen LogP contribution is 2.42. The molecule has 0 radical (unpaired) electrons. The number of ether oxygens (including phenoxy) is 1. The van der Waals surface area contributed by atoms with E-state index in [1.165, 1.54) is 36.9 Å². The summed E-state index contributed by atoms with van der Waals surface area (Å²) in [5, 5.41) is 6.94. The van der Waals surface area contributed by atoms with Crippen molar-refractivity contribution in [1.29, 1.82) is 0 Å². The van der Waals surface area contributed by atoms with Crippen molar-refractivity contribution >= 4 is 35.6 Å². The Morgan fingerprint density at radius 1 is 1.11 bits per heavy atom. The van der Waals surface area contributed by atoms with Gasteiger partial charge in [-0.05, 0) is 49.3 Å². The van der Waals surface area contributed by atoms with Crippen LogP contribution in [0.25, 0.3) is 0 Å². The number of rotatable bonds is 7. The van der Waals surface area contributed by atoms with Crippen LogP contribution in [0.5, 0.6) is 0 Å². The van der Waals surface area contributed by atoms with Crippen LogP contribution in [-0.2, 0) is 11.3 Å². The number of benzene rings is 1. The molecule has 1 aromatic rings. The number of aliphatic imine (C=N–C) groups is 1. The van der Waals surface area contributed by atoms with E-state index in [0.717, 1.165) is 45.4 Å². The standard InChI is InChI=1S/C21H34N4O.HI/c1-3-21(10-5-11-21)17-24-20(22-4-2)23-16-18-6-8-19(9-7-18)25-12-14-26-15-13-25;/h6-9H,3-5,10-17H2,1-2H3,(H2,22,23,24);1H. The molecule has 1 saturated carbocycles. The van der Waals surface area contributed by atoms with Crippen LogP contribution in [0.3, 0.4) is 0 Å². The van der Waals surface area contributed by atoms with Crippen LogP contribution in [0.1, 0.15) is 45.1 Å². The molecule has 0 spiro atoms. The summed E-state index contributed by atoms with van der Waals surface area (Å²) in [6, 6.07) is 8.79. The fourth-order valence-corrected chi connectivity index (χ4v) is 3.75. The van der Waals surface area contributed by atoms with Crippen LogP contribution >= 0.6 is 24.0 Å². The maximum absolute atomic E-state index is 5.43. The maximum atomic E-state index is 5.43. The van der Waals surface area contributed by atoms with Crippen molar-refractivity contribution in [2.75, 3.05) is 44.3 Å². The molecule has 2 N–H and O–H groups in total. The van der Waals surface area contributed by atoms with Gasteiger partial charge in [0.05, 0.1) is 19.8 Å². The molecule has 2 fully saturated rings. The summed E-state index contributed by atoms with van der Waals surface area (Å²) in [5.74, 6) is 0.935. The molecule has 1 aliphatic carbocycles. The Morgan fingerprint density at radius 2 is 1.81 bits per heavy atom. The largest absolute Gasteiger partial charge is 0.378 e. The molecule has 1 saturated heterocycles. The average Bonchev–Trinajstić information content (AvgIpc) is 2.66. The number of anilines is 1. The summed E-state index contributed by atoms with van der Waals surface area (Å²) < 4.78 is 5.43. The summed E-state index contributed by atoms with van der Waals surface area (Å²) in [4.78, 5) is 7.16. The van der Waals surface area contributed by atoms with E-state index in [1.807, 2.05) is 0 Å². The van der Waals surface area contributed by atoms with E-state index in [1.54, 1.807) is 0 Å². The molecule has 0 atom stereocenters. The highest BCUT2D eigenvalue weighted by molar-refractivity contribution is 14.0. The highest BCUT2D eigenvalue weighted by Gasteiger charge is 2.34. The van der Waals surface area contributed by atoms with Crippen molar-refractivity contribution in [2.24, 2.45) is 10.4 Å². The average molecular weight is 486 g/mol. The summed E-state index contributed by atoms with van der Waals surface area (Å²) >= 11 is 0. The third-order valence-corrected chi connectivity index (χ3v) is 5.87. The lowest BCUT2D eigenvalue weighted by molar-refractivity contribution is 0.122. The minimum absolute atomic E-state index is 0. The Morgan fingerprint density at radius 3 is 2.37 bits per heavy atom. The van der Waals surface area contributed by atoms with Gasteiger partial charge in [-0.1, -0.05) is 25.5 Å². The first-order valence-electron chi connectivity index (χ1n) is 10.2. The zero-order valence-corrected chi connectivity index (χ0v) is 19.1. The van der Waals surface area contributed by atoms with Gasteiger partial charge in [-0.25, -0.2) is 4.99 Å². The lowest BCUT2D eigenvalue weighted by Crippen LogP contribution is -2.46. The summed E-state index contributed by atoms with van der Waals surface area (Å²) in [6.45, 7) is 10.7. The minimum Gasteiger partial charge on any atom is -0.378 e. The normalized spacial score (nSPS) is 19.0. The van der Waals surface area contributed by atoms with Gasteiger partial charge in [0.1, 0.15) is 0 Å². The fraction of sp³-hybridized carbons (Fsp3) is 0.667. The van der Waals surface area contributed by atoms with Crippen molar-refractivity contribution < 1.29 is 4.74 Å². The van der Waals surface area contributed by atoms with Gasteiger partial charge in [-0.2, -0.15) is 0 Å². The number of halogens is 1. The third-order valence-electron chi connectivity index (χ3n) is 5.87. The number of hydrogen-bond donors (Lipinski definition) is 2. The molecule has 27 heavy (non-hydrogen) atoms. The number of morpholine rings is 1. The Hall–Kier alpha value is -1.02. The van der Waals surface area contributed by atoms with Gasteiger partial charge in [0.2, 0.25) is 0 Å². The van der Waals surface area contributed by atoms with Crippen molar-refractivity contribution in [3.63, 3.8) is 0 Å². The molecular formula is C21H35IN4O. The van der Waals surface area contributed by atoms with Gasteiger partial charge in [-0.3, -0.25) is 0 Å². The quantitative estimate of drug-likeness (QED) is 0.350. The molecular weight excluding hydrogens is 451 g/mol. The molecule has 1 aromatic carbocycles. The number of guanidine groups is 1. The van der Waals surface area contributed by atoms with Gasteiger partial charge in [-0.15, -0.1) is 24.0 Å². The second-order valence-electron chi connectivity index (χ2n) is 7.52. The second-order valence-corrected chi connectivity index (χ2v) is 7.52. The second kappa shape index (κ2) is 11.1. The Bertz CT molecular complexity index is 575. The number of nitrogens with zero attached hydrogens (tertiary/aromatic N) is 2. The van der Waals surface area contributed by atoms with Crippen LogP contribution in [0, 0.1) is 5.41 Å². The van der Waals surface area contributed by atoms with E-state index in [2.05, 4.69) is 53.6 Å². The first-order chi connectivity index (χ1) is 12.7. The van der Waals surface area contributed by atoms with E-state index in [4.69, 9.17) is 9.73 Å². The Balaban J connectivity index is 0.00000261. The summed E-state index contributed by atoms with van der Waals surface area (Å²) in [7, 11) is 0. The Labute approximate surface area is 181 Å². The maximum Gasteiger partial charge on any atom is 0.191 e. The zero-order chi connectivity index (χ0) is 18.2. The molecule has 0 unspecified atom stereocenters. The summed E-state index contributed by atoms with van der Waals surface area (Å²) in [6.07, 6.45) is 5.32. The van der Waals surface area contributed by atoms with Gasteiger partial charge in [0.25, 0.3) is 0 Å².